The first-order valence-corrected chi connectivity index (χ1v) is 12.6. The molecule has 1 saturated carbocycles. The standard InChI is InChI=1S/C26H25FN10O/c1-36-4-6-37(7-5-36)19-13-29-11-18-23(19)33-25(32-18)24-20-17(34-35-24)12-30-22(21(20)27)15-8-16(10-28-9-15)31-26(38)14-2-3-14/h8-14H,2-7H2,1H3,(H,31,38)(H,32,33)(H,34,35). The number of likely N-dealkylation sites (N-methyl/N-ethyl adjacent to an activating group) is 1. The zero-order chi connectivity index (χ0) is 25.8. The van der Waals surface area contributed by atoms with E-state index in [4.69, 9.17) is 4.98 Å². The SMILES string of the molecule is CN1CCN(c2cncc3[nH]c(-c4n[nH]c5cnc(-c6cncc(NC(=O)C7CC7)c6)c(F)c45)nc23)CC1. The first kappa shape index (κ1) is 22.7. The molecule has 38 heavy (non-hydrogen) atoms. The Morgan fingerprint density at radius 3 is 2.66 bits per heavy atom. The normalized spacial score (nSPS) is 16.4. The van der Waals surface area contributed by atoms with Gasteiger partial charge in [-0.05, 0) is 26.0 Å². The van der Waals surface area contributed by atoms with E-state index in [1.54, 1.807) is 24.7 Å². The number of anilines is 2. The van der Waals surface area contributed by atoms with E-state index in [0.717, 1.165) is 55.7 Å². The second kappa shape index (κ2) is 8.84. The van der Waals surface area contributed by atoms with Gasteiger partial charge in [-0.3, -0.25) is 24.8 Å². The molecule has 7 rings (SSSR count). The number of H-pyrrole nitrogens is 2. The number of piperazine rings is 1. The Morgan fingerprint density at radius 2 is 1.84 bits per heavy atom. The molecule has 5 aromatic heterocycles. The number of fused-ring (bicyclic) bond motifs is 2. The minimum atomic E-state index is -0.545. The topological polar surface area (TPSA) is 132 Å². The number of nitrogens with one attached hydrogen (secondary N) is 3. The summed E-state index contributed by atoms with van der Waals surface area (Å²) in [5.41, 5.74) is 4.35. The van der Waals surface area contributed by atoms with E-state index in [1.165, 1.54) is 6.20 Å². The number of rotatable bonds is 5. The molecule has 0 radical (unpaired) electrons. The van der Waals surface area contributed by atoms with Gasteiger partial charge < -0.3 is 20.1 Å². The van der Waals surface area contributed by atoms with Crippen molar-refractivity contribution in [3.8, 4) is 22.8 Å². The minimum Gasteiger partial charge on any atom is -0.366 e. The van der Waals surface area contributed by atoms with Crippen molar-refractivity contribution < 1.29 is 9.18 Å². The number of nitrogens with zero attached hydrogens (tertiary/aromatic N) is 7. The van der Waals surface area contributed by atoms with Crippen molar-refractivity contribution in [3.63, 3.8) is 0 Å². The van der Waals surface area contributed by atoms with Crippen molar-refractivity contribution in [1.29, 1.82) is 0 Å². The lowest BCUT2D eigenvalue weighted by atomic mass is 10.1. The molecule has 5 aromatic rings. The smallest absolute Gasteiger partial charge is 0.227 e. The summed E-state index contributed by atoms with van der Waals surface area (Å²) in [6, 6.07) is 1.68. The quantitative estimate of drug-likeness (QED) is 0.327. The summed E-state index contributed by atoms with van der Waals surface area (Å²) in [7, 11) is 2.11. The second-order valence-corrected chi connectivity index (χ2v) is 9.94. The van der Waals surface area contributed by atoms with Crippen molar-refractivity contribution >= 4 is 39.2 Å². The third-order valence-electron chi connectivity index (χ3n) is 7.21. The number of carbonyl (C=O) groups excluding carboxylic acids is 1. The maximum absolute atomic E-state index is 16.0. The fourth-order valence-corrected chi connectivity index (χ4v) is 4.89. The average molecular weight is 513 g/mol. The minimum absolute atomic E-state index is 0.0414. The van der Waals surface area contributed by atoms with E-state index in [1.807, 2.05) is 6.20 Å². The van der Waals surface area contributed by atoms with Gasteiger partial charge in [0.25, 0.3) is 0 Å². The second-order valence-electron chi connectivity index (χ2n) is 9.94. The maximum Gasteiger partial charge on any atom is 0.227 e. The van der Waals surface area contributed by atoms with Crippen LogP contribution in [0, 0.1) is 11.7 Å². The van der Waals surface area contributed by atoms with E-state index in [9.17, 15) is 4.79 Å². The van der Waals surface area contributed by atoms with E-state index in [0.29, 0.717) is 28.3 Å². The van der Waals surface area contributed by atoms with E-state index in [2.05, 4.69) is 52.3 Å². The first-order valence-electron chi connectivity index (χ1n) is 12.6. The number of aromatic nitrogens is 7. The van der Waals surface area contributed by atoms with Crippen LogP contribution in [-0.4, -0.2) is 79.2 Å². The van der Waals surface area contributed by atoms with Crippen LogP contribution in [0.4, 0.5) is 15.8 Å². The number of pyridine rings is 3. The van der Waals surface area contributed by atoms with Crippen LogP contribution in [0.25, 0.3) is 44.7 Å². The molecule has 0 aromatic carbocycles. The van der Waals surface area contributed by atoms with Gasteiger partial charge in [0, 0.05) is 43.9 Å². The Bertz CT molecular complexity index is 1680. The van der Waals surface area contributed by atoms with Gasteiger partial charge >= 0.3 is 0 Å². The summed E-state index contributed by atoms with van der Waals surface area (Å²) in [6.07, 6.45) is 9.94. The molecule has 0 unspecified atom stereocenters. The summed E-state index contributed by atoms with van der Waals surface area (Å²) in [5, 5.41) is 10.4. The molecule has 0 atom stereocenters. The van der Waals surface area contributed by atoms with Crippen LogP contribution in [0.1, 0.15) is 12.8 Å². The van der Waals surface area contributed by atoms with Gasteiger partial charge in [-0.15, -0.1) is 0 Å². The lowest BCUT2D eigenvalue weighted by Gasteiger charge is -2.33. The zero-order valence-electron chi connectivity index (χ0n) is 20.7. The summed E-state index contributed by atoms with van der Waals surface area (Å²) in [6.45, 7) is 3.67. The van der Waals surface area contributed by atoms with Gasteiger partial charge in [0.2, 0.25) is 5.91 Å². The predicted molar refractivity (Wildman–Crippen MR) is 141 cm³/mol. The van der Waals surface area contributed by atoms with Gasteiger partial charge in [-0.1, -0.05) is 0 Å². The van der Waals surface area contributed by atoms with E-state index in [-0.39, 0.29) is 22.9 Å². The maximum atomic E-state index is 16.0. The van der Waals surface area contributed by atoms with Crippen LogP contribution in [0.3, 0.4) is 0 Å². The summed E-state index contributed by atoms with van der Waals surface area (Å²) in [5.74, 6) is -0.0970. The predicted octanol–water partition coefficient (Wildman–Crippen LogP) is 3.20. The molecular formula is C26H25FN10O. The molecule has 192 valence electrons. The van der Waals surface area contributed by atoms with Gasteiger partial charge in [-0.2, -0.15) is 5.10 Å². The summed E-state index contributed by atoms with van der Waals surface area (Å²) in [4.78, 5) is 37.8. The van der Waals surface area contributed by atoms with Gasteiger partial charge in [0.15, 0.2) is 11.6 Å². The molecule has 3 N–H and O–H groups in total. The first-order chi connectivity index (χ1) is 18.5. The van der Waals surface area contributed by atoms with Crippen LogP contribution < -0.4 is 10.2 Å². The highest BCUT2D eigenvalue weighted by molar-refractivity contribution is 5.97. The Labute approximate surface area is 216 Å². The molecule has 11 nitrogen and oxygen atoms in total. The van der Waals surface area contributed by atoms with Crippen molar-refractivity contribution in [2.45, 2.75) is 12.8 Å². The molecule has 1 aliphatic carbocycles. The number of halogens is 1. The number of carbonyl (C=O) groups is 1. The molecular weight excluding hydrogens is 487 g/mol. The fraction of sp³-hybridized carbons (Fsp3) is 0.308. The Morgan fingerprint density at radius 1 is 1.03 bits per heavy atom. The number of amides is 1. The van der Waals surface area contributed by atoms with Crippen molar-refractivity contribution in [1.82, 2.24) is 40.0 Å². The molecule has 0 spiro atoms. The highest BCUT2D eigenvalue weighted by Gasteiger charge is 2.30. The van der Waals surface area contributed by atoms with E-state index >= 15 is 4.39 Å². The molecule has 0 bridgehead atoms. The van der Waals surface area contributed by atoms with Crippen LogP contribution in [-0.2, 0) is 4.79 Å². The average Bonchev–Trinajstić information content (AvgIpc) is 3.54. The lowest BCUT2D eigenvalue weighted by Crippen LogP contribution is -2.44. The highest BCUT2D eigenvalue weighted by atomic mass is 19.1. The van der Waals surface area contributed by atoms with Gasteiger partial charge in [-0.25, -0.2) is 9.37 Å². The third kappa shape index (κ3) is 3.93. The molecule has 6 heterocycles. The Hall–Kier alpha value is -4.45. The largest absolute Gasteiger partial charge is 0.366 e. The van der Waals surface area contributed by atoms with Crippen LogP contribution in [0.15, 0.2) is 37.1 Å². The third-order valence-corrected chi connectivity index (χ3v) is 7.21. The lowest BCUT2D eigenvalue weighted by molar-refractivity contribution is -0.117. The van der Waals surface area contributed by atoms with E-state index < -0.39 is 5.82 Å². The summed E-state index contributed by atoms with van der Waals surface area (Å²) < 4.78 is 16.0. The van der Waals surface area contributed by atoms with Gasteiger partial charge in [0.05, 0.1) is 52.6 Å². The molecule has 1 aliphatic heterocycles. The van der Waals surface area contributed by atoms with Crippen molar-refractivity contribution in [2.75, 3.05) is 43.4 Å². The molecule has 2 aliphatic rings. The fourth-order valence-electron chi connectivity index (χ4n) is 4.89. The zero-order valence-corrected chi connectivity index (χ0v) is 20.7. The number of imidazole rings is 1. The number of hydrogen-bond acceptors (Lipinski definition) is 8. The molecule has 2 fully saturated rings. The van der Waals surface area contributed by atoms with Crippen LogP contribution in [0.2, 0.25) is 0 Å². The van der Waals surface area contributed by atoms with Crippen molar-refractivity contribution in [3.05, 3.63) is 42.9 Å². The highest BCUT2D eigenvalue weighted by Crippen LogP contribution is 2.35. The molecule has 12 heteroatoms. The van der Waals surface area contributed by atoms with Crippen LogP contribution >= 0.6 is 0 Å². The number of hydrogen-bond donors (Lipinski definition) is 3. The van der Waals surface area contributed by atoms with Gasteiger partial charge in [0.1, 0.15) is 16.9 Å². The number of aromatic amines is 2. The Kier molecular flexibility index (Phi) is 5.28. The Balaban J connectivity index is 1.27. The monoisotopic (exact) mass is 512 g/mol. The van der Waals surface area contributed by atoms with Crippen LogP contribution in [0.5, 0.6) is 0 Å². The summed E-state index contributed by atoms with van der Waals surface area (Å²) >= 11 is 0. The van der Waals surface area contributed by atoms with Crippen molar-refractivity contribution in [2.24, 2.45) is 5.92 Å². The molecule has 1 amide bonds. The molecule has 1 saturated heterocycles.